The number of rotatable bonds is 8. The van der Waals surface area contributed by atoms with Crippen LogP contribution in [0.3, 0.4) is 0 Å². The Bertz CT molecular complexity index is 1020. The summed E-state index contributed by atoms with van der Waals surface area (Å²) in [6.07, 6.45) is 9.07. The molecule has 3 rings (SSSR count). The highest BCUT2D eigenvalue weighted by Crippen LogP contribution is 2.24. The van der Waals surface area contributed by atoms with Gasteiger partial charge in [0.1, 0.15) is 17.2 Å². The highest BCUT2D eigenvalue weighted by molar-refractivity contribution is 5.76. The second-order valence-electron chi connectivity index (χ2n) is 7.37. The summed E-state index contributed by atoms with van der Waals surface area (Å²) in [5, 5.41) is 29.6. The highest BCUT2D eigenvalue weighted by atomic mass is 16.3. The molecule has 0 saturated heterocycles. The molecule has 0 radical (unpaired) electrons. The molecule has 0 aliphatic carbocycles. The fourth-order valence-electron chi connectivity index (χ4n) is 3.48. The zero-order valence-electron chi connectivity index (χ0n) is 17.3. The first-order chi connectivity index (χ1) is 15.0. The first-order valence-electron chi connectivity index (χ1n) is 10.2. The van der Waals surface area contributed by atoms with Gasteiger partial charge in [0.2, 0.25) is 0 Å². The normalized spacial score (nSPS) is 11.5. The summed E-state index contributed by atoms with van der Waals surface area (Å²) < 4.78 is 0. The second kappa shape index (κ2) is 10.5. The molecule has 0 unspecified atom stereocenters. The molecule has 0 fully saturated rings. The summed E-state index contributed by atoms with van der Waals surface area (Å²) in [7, 11) is 0. The van der Waals surface area contributed by atoms with Gasteiger partial charge in [-0.1, -0.05) is 36.4 Å². The van der Waals surface area contributed by atoms with Crippen LogP contribution < -0.4 is 11.5 Å². The van der Waals surface area contributed by atoms with Gasteiger partial charge in [-0.25, -0.2) is 0 Å². The molecule has 0 amide bonds. The summed E-state index contributed by atoms with van der Waals surface area (Å²) in [4.78, 5) is 0. The van der Waals surface area contributed by atoms with Gasteiger partial charge in [-0.2, -0.15) is 0 Å². The molecule has 0 aromatic heterocycles. The van der Waals surface area contributed by atoms with Gasteiger partial charge in [0.15, 0.2) is 0 Å². The molecule has 0 aliphatic rings. The van der Waals surface area contributed by atoms with Gasteiger partial charge in [-0.05, 0) is 102 Å². The Morgan fingerprint density at radius 2 is 1.00 bits per heavy atom. The van der Waals surface area contributed by atoms with Gasteiger partial charge >= 0.3 is 0 Å². The summed E-state index contributed by atoms with van der Waals surface area (Å²) >= 11 is 0. The lowest BCUT2D eigenvalue weighted by molar-refractivity contribution is 0.474. The van der Waals surface area contributed by atoms with E-state index in [2.05, 4.69) is 0 Å². The predicted molar refractivity (Wildman–Crippen MR) is 128 cm³/mol. The van der Waals surface area contributed by atoms with Crippen molar-refractivity contribution in [2.24, 2.45) is 11.5 Å². The topological polar surface area (TPSA) is 113 Å². The zero-order chi connectivity index (χ0) is 22.2. The van der Waals surface area contributed by atoms with Crippen LogP contribution in [0.4, 0.5) is 0 Å². The van der Waals surface area contributed by atoms with Crippen LogP contribution in [0.1, 0.15) is 33.4 Å². The van der Waals surface area contributed by atoms with Crippen molar-refractivity contribution in [3.05, 3.63) is 88.0 Å². The molecule has 5 nitrogen and oxygen atoms in total. The van der Waals surface area contributed by atoms with E-state index in [0.29, 0.717) is 25.9 Å². The van der Waals surface area contributed by atoms with Gasteiger partial charge in [0.05, 0.1) is 0 Å². The van der Waals surface area contributed by atoms with Crippen molar-refractivity contribution < 1.29 is 15.3 Å². The van der Waals surface area contributed by atoms with Gasteiger partial charge in [-0.15, -0.1) is 0 Å². The highest BCUT2D eigenvalue weighted by Gasteiger charge is 2.03. The van der Waals surface area contributed by atoms with Crippen molar-refractivity contribution in [3.63, 3.8) is 0 Å². The molecule has 31 heavy (non-hydrogen) atoms. The van der Waals surface area contributed by atoms with E-state index in [-0.39, 0.29) is 17.2 Å². The van der Waals surface area contributed by atoms with Crippen LogP contribution in [0.15, 0.2) is 54.6 Å². The van der Waals surface area contributed by atoms with E-state index >= 15 is 0 Å². The maximum atomic E-state index is 10.2. The van der Waals surface area contributed by atoms with E-state index < -0.39 is 0 Å². The fourth-order valence-corrected chi connectivity index (χ4v) is 3.48. The lowest BCUT2D eigenvalue weighted by atomic mass is 10.0. The number of phenols is 3. The van der Waals surface area contributed by atoms with E-state index in [0.717, 1.165) is 33.4 Å². The third-order valence-corrected chi connectivity index (χ3v) is 4.95. The third kappa shape index (κ3) is 6.22. The quantitative estimate of drug-likeness (QED) is 0.354. The number of hydrogen-bond donors (Lipinski definition) is 5. The van der Waals surface area contributed by atoms with Gasteiger partial charge in [0.25, 0.3) is 0 Å². The molecule has 0 aliphatic heterocycles. The van der Waals surface area contributed by atoms with Gasteiger partial charge in [-0.3, -0.25) is 0 Å². The molecular weight excluding hydrogens is 388 g/mol. The Kier molecular flexibility index (Phi) is 7.49. The Labute approximate surface area is 182 Å². The average molecular weight is 417 g/mol. The van der Waals surface area contributed by atoms with E-state index in [9.17, 15) is 15.3 Å². The Morgan fingerprint density at radius 3 is 1.42 bits per heavy atom. The molecule has 0 saturated carbocycles. The standard InChI is InChI=1S/C26H28N2O3/c27-11-9-22-16-24(29)7-5-20(22)3-1-18-13-19(15-26(31)14-18)2-4-21-6-8-25(30)17-23(21)10-12-28/h1-8,13-17,29-31H,9-12,27-28H2. The first kappa shape index (κ1) is 22.2. The van der Waals surface area contributed by atoms with Crippen LogP contribution in [-0.2, 0) is 12.8 Å². The second-order valence-corrected chi connectivity index (χ2v) is 7.37. The number of phenolic OH excluding ortho intramolecular Hbond substituents is 3. The largest absolute Gasteiger partial charge is 0.508 e. The fraction of sp³-hybridized carbons (Fsp3) is 0.154. The van der Waals surface area contributed by atoms with Crippen molar-refractivity contribution >= 4 is 24.3 Å². The molecule has 0 atom stereocenters. The minimum atomic E-state index is 0.169. The van der Waals surface area contributed by atoms with Crippen LogP contribution in [-0.4, -0.2) is 28.4 Å². The Balaban J connectivity index is 1.86. The number of nitrogens with two attached hydrogens (primary N) is 2. The van der Waals surface area contributed by atoms with Crippen LogP contribution in [0.25, 0.3) is 24.3 Å². The summed E-state index contributed by atoms with van der Waals surface area (Å²) in [6, 6.07) is 15.8. The molecule has 160 valence electrons. The summed E-state index contributed by atoms with van der Waals surface area (Å²) in [5.41, 5.74) is 16.9. The van der Waals surface area contributed by atoms with E-state index in [1.165, 1.54) is 0 Å². The van der Waals surface area contributed by atoms with E-state index in [4.69, 9.17) is 11.5 Å². The summed E-state index contributed by atoms with van der Waals surface area (Å²) in [6.45, 7) is 0.990. The molecule has 5 heteroatoms. The lowest BCUT2D eigenvalue weighted by Gasteiger charge is -2.07. The van der Waals surface area contributed by atoms with Crippen LogP contribution in [0, 0.1) is 0 Å². The third-order valence-electron chi connectivity index (χ3n) is 4.95. The van der Waals surface area contributed by atoms with E-state index in [1.54, 1.807) is 36.4 Å². The van der Waals surface area contributed by atoms with Crippen molar-refractivity contribution in [1.29, 1.82) is 0 Å². The molecule has 3 aromatic rings. The van der Waals surface area contributed by atoms with Crippen molar-refractivity contribution in [2.75, 3.05) is 13.1 Å². The average Bonchev–Trinajstić information content (AvgIpc) is 2.73. The zero-order valence-corrected chi connectivity index (χ0v) is 17.3. The van der Waals surface area contributed by atoms with Gasteiger partial charge in [0, 0.05) is 0 Å². The number of aromatic hydroxyl groups is 3. The lowest BCUT2D eigenvalue weighted by Crippen LogP contribution is -2.03. The Hall–Kier alpha value is -3.54. The number of benzene rings is 3. The smallest absolute Gasteiger partial charge is 0.116 e. The van der Waals surface area contributed by atoms with Crippen LogP contribution >= 0.6 is 0 Å². The van der Waals surface area contributed by atoms with Crippen LogP contribution in [0.5, 0.6) is 17.2 Å². The molecule has 7 N–H and O–H groups in total. The van der Waals surface area contributed by atoms with Crippen LogP contribution in [0.2, 0.25) is 0 Å². The maximum absolute atomic E-state index is 10.2. The first-order valence-corrected chi connectivity index (χ1v) is 10.2. The predicted octanol–water partition coefficient (Wildman–Crippen LogP) is 4.15. The minimum absolute atomic E-state index is 0.169. The minimum Gasteiger partial charge on any atom is -0.508 e. The van der Waals surface area contributed by atoms with Gasteiger partial charge < -0.3 is 26.8 Å². The molecule has 3 aromatic carbocycles. The monoisotopic (exact) mass is 416 g/mol. The molecule has 0 bridgehead atoms. The molecule has 0 heterocycles. The van der Waals surface area contributed by atoms with Crippen molar-refractivity contribution in [1.82, 2.24) is 0 Å². The van der Waals surface area contributed by atoms with E-state index in [1.807, 2.05) is 42.5 Å². The molecular formula is C26H28N2O3. The van der Waals surface area contributed by atoms with Crippen molar-refractivity contribution in [3.8, 4) is 17.2 Å². The Morgan fingerprint density at radius 1 is 0.548 bits per heavy atom. The van der Waals surface area contributed by atoms with Crippen molar-refractivity contribution in [2.45, 2.75) is 12.8 Å². The summed E-state index contributed by atoms with van der Waals surface area (Å²) in [5.74, 6) is 0.602. The number of hydrogen-bond acceptors (Lipinski definition) is 5. The SMILES string of the molecule is NCCc1cc(O)ccc1C=Cc1cc(O)cc(C=Cc2ccc(O)cc2CCN)c1. The molecule has 0 spiro atoms. The maximum Gasteiger partial charge on any atom is 0.116 e.